The molecule has 0 N–H and O–H groups in total. The Kier molecular flexibility index (Phi) is 4.40. The summed E-state index contributed by atoms with van der Waals surface area (Å²) in [5.74, 6) is 1.56. The third kappa shape index (κ3) is 2.92. The van der Waals surface area contributed by atoms with E-state index >= 15 is 0 Å². The van der Waals surface area contributed by atoms with E-state index in [9.17, 15) is 4.79 Å². The van der Waals surface area contributed by atoms with Gasteiger partial charge in [0.05, 0.1) is 7.11 Å². The van der Waals surface area contributed by atoms with Gasteiger partial charge < -0.3 is 4.74 Å². The predicted molar refractivity (Wildman–Crippen MR) is 73.0 cm³/mol. The zero-order chi connectivity index (χ0) is 13.0. The number of Topliss-reactive ketones (excluding diaryl/α,β-unsaturated/α-hetero) is 1. The Hall–Kier alpha value is -1.31. The smallest absolute Gasteiger partial charge is 0.143 e. The average molecular weight is 246 g/mol. The van der Waals surface area contributed by atoms with Gasteiger partial charge in [-0.2, -0.15) is 0 Å². The fourth-order valence-electron chi connectivity index (χ4n) is 2.80. The van der Waals surface area contributed by atoms with E-state index in [2.05, 4.69) is 0 Å². The van der Waals surface area contributed by atoms with Crippen molar-refractivity contribution >= 4 is 5.78 Å². The van der Waals surface area contributed by atoms with Crippen LogP contribution in [0.3, 0.4) is 0 Å². The first kappa shape index (κ1) is 13.1. The Bertz CT molecular complexity index is 388. The standard InChI is InChI=1S/C16H22O2/c1-12(13-8-10-15(18-2)11-9-13)16(17)14-6-4-3-5-7-14/h8-12,14H,3-7H2,1-2H3. The van der Waals surface area contributed by atoms with Crippen molar-refractivity contribution in [2.75, 3.05) is 7.11 Å². The van der Waals surface area contributed by atoms with Gasteiger partial charge >= 0.3 is 0 Å². The molecule has 0 amide bonds. The molecule has 1 aliphatic carbocycles. The minimum absolute atomic E-state index is 0.0130. The third-order valence-electron chi connectivity index (χ3n) is 4.05. The number of hydrogen-bond acceptors (Lipinski definition) is 2. The normalized spacial score (nSPS) is 18.3. The van der Waals surface area contributed by atoms with Gasteiger partial charge in [0.15, 0.2) is 0 Å². The molecule has 0 heterocycles. The molecule has 1 aliphatic rings. The summed E-state index contributed by atoms with van der Waals surface area (Å²) in [5.41, 5.74) is 1.10. The van der Waals surface area contributed by atoms with Crippen LogP contribution in [0, 0.1) is 5.92 Å². The van der Waals surface area contributed by atoms with Gasteiger partial charge in [0.25, 0.3) is 0 Å². The average Bonchev–Trinajstić information content (AvgIpc) is 2.47. The Balaban J connectivity index is 2.04. The summed E-state index contributed by atoms with van der Waals surface area (Å²) in [7, 11) is 1.66. The van der Waals surface area contributed by atoms with E-state index in [1.54, 1.807) is 7.11 Å². The lowest BCUT2D eigenvalue weighted by Gasteiger charge is -2.23. The molecule has 2 heteroatoms. The van der Waals surface area contributed by atoms with Gasteiger partial charge in [-0.15, -0.1) is 0 Å². The summed E-state index contributed by atoms with van der Waals surface area (Å²) in [6.07, 6.45) is 5.89. The first-order chi connectivity index (χ1) is 8.72. The third-order valence-corrected chi connectivity index (χ3v) is 4.05. The molecule has 0 saturated heterocycles. The SMILES string of the molecule is COc1ccc(C(C)C(=O)C2CCCCC2)cc1. The molecule has 0 aromatic heterocycles. The van der Waals surface area contributed by atoms with E-state index in [4.69, 9.17) is 4.74 Å². The van der Waals surface area contributed by atoms with Crippen LogP contribution < -0.4 is 4.74 Å². The number of rotatable bonds is 4. The number of hydrogen-bond donors (Lipinski definition) is 0. The quantitative estimate of drug-likeness (QED) is 0.804. The van der Waals surface area contributed by atoms with E-state index in [1.165, 1.54) is 19.3 Å². The minimum Gasteiger partial charge on any atom is -0.497 e. The molecule has 1 aromatic carbocycles. The van der Waals surface area contributed by atoms with Crippen LogP contribution in [-0.4, -0.2) is 12.9 Å². The second-order valence-electron chi connectivity index (χ2n) is 5.23. The molecule has 1 unspecified atom stereocenters. The largest absolute Gasteiger partial charge is 0.497 e. The summed E-state index contributed by atoms with van der Waals surface area (Å²) in [6.45, 7) is 2.03. The maximum absolute atomic E-state index is 12.4. The van der Waals surface area contributed by atoms with E-state index in [0.29, 0.717) is 5.78 Å². The van der Waals surface area contributed by atoms with Crippen LogP contribution in [-0.2, 0) is 4.79 Å². The zero-order valence-corrected chi connectivity index (χ0v) is 11.3. The molecule has 2 nitrogen and oxygen atoms in total. The summed E-state index contributed by atoms with van der Waals surface area (Å²) in [5, 5.41) is 0. The molecule has 0 aliphatic heterocycles. The highest BCUT2D eigenvalue weighted by Gasteiger charge is 2.26. The van der Waals surface area contributed by atoms with Crippen molar-refractivity contribution < 1.29 is 9.53 Å². The van der Waals surface area contributed by atoms with Gasteiger partial charge in [-0.1, -0.05) is 38.3 Å². The lowest BCUT2D eigenvalue weighted by atomic mass is 9.80. The van der Waals surface area contributed by atoms with Crippen LogP contribution in [0.4, 0.5) is 0 Å². The highest BCUT2D eigenvalue weighted by molar-refractivity contribution is 5.87. The van der Waals surface area contributed by atoms with Crippen molar-refractivity contribution in [3.05, 3.63) is 29.8 Å². The zero-order valence-electron chi connectivity index (χ0n) is 11.3. The molecular weight excluding hydrogens is 224 g/mol. The lowest BCUT2D eigenvalue weighted by Crippen LogP contribution is -2.22. The van der Waals surface area contributed by atoms with Crippen LogP contribution in [0.25, 0.3) is 0 Å². The van der Waals surface area contributed by atoms with Crippen LogP contribution in [0.2, 0.25) is 0 Å². The molecule has 1 aromatic rings. The Morgan fingerprint density at radius 3 is 2.33 bits per heavy atom. The maximum Gasteiger partial charge on any atom is 0.143 e. The van der Waals surface area contributed by atoms with Gasteiger partial charge in [-0.05, 0) is 30.5 Å². The number of carbonyl (C=O) groups is 1. The van der Waals surface area contributed by atoms with E-state index in [-0.39, 0.29) is 11.8 Å². The summed E-state index contributed by atoms with van der Waals surface area (Å²) in [6, 6.07) is 7.87. The number of ketones is 1. The number of ether oxygens (including phenoxy) is 1. The van der Waals surface area contributed by atoms with Gasteiger partial charge in [0, 0.05) is 11.8 Å². The molecular formula is C16H22O2. The Morgan fingerprint density at radius 2 is 1.78 bits per heavy atom. The van der Waals surface area contributed by atoms with Gasteiger partial charge in [-0.3, -0.25) is 4.79 Å². The highest BCUT2D eigenvalue weighted by atomic mass is 16.5. The van der Waals surface area contributed by atoms with E-state index in [1.807, 2.05) is 31.2 Å². The molecule has 0 bridgehead atoms. The van der Waals surface area contributed by atoms with E-state index in [0.717, 1.165) is 24.2 Å². The first-order valence-electron chi connectivity index (χ1n) is 6.90. The van der Waals surface area contributed by atoms with Crippen LogP contribution in [0.5, 0.6) is 5.75 Å². The fourth-order valence-corrected chi connectivity index (χ4v) is 2.80. The van der Waals surface area contributed by atoms with Crippen molar-refractivity contribution in [1.29, 1.82) is 0 Å². The van der Waals surface area contributed by atoms with Crippen molar-refractivity contribution in [3.8, 4) is 5.75 Å². The van der Waals surface area contributed by atoms with Gasteiger partial charge in [0.1, 0.15) is 11.5 Å². The molecule has 0 spiro atoms. The molecule has 2 rings (SSSR count). The Morgan fingerprint density at radius 1 is 1.17 bits per heavy atom. The van der Waals surface area contributed by atoms with Gasteiger partial charge in [0.2, 0.25) is 0 Å². The van der Waals surface area contributed by atoms with Crippen LogP contribution in [0.1, 0.15) is 50.5 Å². The number of benzene rings is 1. The van der Waals surface area contributed by atoms with E-state index < -0.39 is 0 Å². The van der Waals surface area contributed by atoms with Gasteiger partial charge in [-0.25, -0.2) is 0 Å². The lowest BCUT2D eigenvalue weighted by molar-refractivity contribution is -0.124. The van der Waals surface area contributed by atoms with Crippen molar-refractivity contribution in [1.82, 2.24) is 0 Å². The molecule has 0 radical (unpaired) electrons. The number of methoxy groups -OCH3 is 1. The molecule has 18 heavy (non-hydrogen) atoms. The van der Waals surface area contributed by atoms with Crippen molar-refractivity contribution in [2.45, 2.75) is 44.9 Å². The highest BCUT2D eigenvalue weighted by Crippen LogP contribution is 2.30. The fraction of sp³-hybridized carbons (Fsp3) is 0.562. The molecule has 98 valence electrons. The maximum atomic E-state index is 12.4. The monoisotopic (exact) mass is 246 g/mol. The Labute approximate surface area is 109 Å². The predicted octanol–water partition coefficient (Wildman–Crippen LogP) is 3.95. The van der Waals surface area contributed by atoms with Crippen molar-refractivity contribution in [3.63, 3.8) is 0 Å². The first-order valence-corrected chi connectivity index (χ1v) is 6.90. The number of carbonyl (C=O) groups excluding carboxylic acids is 1. The molecule has 1 saturated carbocycles. The van der Waals surface area contributed by atoms with Crippen molar-refractivity contribution in [2.24, 2.45) is 5.92 Å². The molecule has 1 fully saturated rings. The van der Waals surface area contributed by atoms with Crippen LogP contribution >= 0.6 is 0 Å². The summed E-state index contributed by atoms with van der Waals surface area (Å²) >= 11 is 0. The summed E-state index contributed by atoms with van der Waals surface area (Å²) in [4.78, 5) is 12.4. The second kappa shape index (κ2) is 6.03. The van der Waals surface area contributed by atoms with Crippen LogP contribution in [0.15, 0.2) is 24.3 Å². The second-order valence-corrected chi connectivity index (χ2v) is 5.23. The minimum atomic E-state index is 0.0130. The topological polar surface area (TPSA) is 26.3 Å². The molecule has 1 atom stereocenters. The summed E-state index contributed by atoms with van der Waals surface area (Å²) < 4.78 is 5.14.